The minimum Gasteiger partial charge on any atom is -0.349 e. The van der Waals surface area contributed by atoms with Crippen molar-refractivity contribution >= 4 is 27.5 Å². The van der Waals surface area contributed by atoms with E-state index >= 15 is 0 Å². The zero-order valence-electron chi connectivity index (χ0n) is 19.6. The minimum absolute atomic E-state index is 0.0335. The Bertz CT molecular complexity index is 1120. The molecule has 0 unspecified atom stereocenters. The van der Waals surface area contributed by atoms with Gasteiger partial charge in [-0.15, -0.1) is 0 Å². The zero-order chi connectivity index (χ0) is 24.1. The molecule has 0 radical (unpaired) electrons. The second-order valence-corrected chi connectivity index (χ2v) is 11.1. The van der Waals surface area contributed by atoms with Crippen molar-refractivity contribution < 1.29 is 18.0 Å². The van der Waals surface area contributed by atoms with Crippen LogP contribution in [-0.4, -0.2) is 44.3 Å². The summed E-state index contributed by atoms with van der Waals surface area (Å²) in [5.41, 5.74) is 1.80. The van der Waals surface area contributed by atoms with Crippen LogP contribution >= 0.6 is 0 Å². The molecule has 1 saturated carbocycles. The molecular weight excluding hydrogens is 450 g/mol. The van der Waals surface area contributed by atoms with Gasteiger partial charge in [0.1, 0.15) is 0 Å². The molecule has 2 N–H and O–H groups in total. The van der Waals surface area contributed by atoms with Crippen molar-refractivity contribution in [1.82, 2.24) is 10.2 Å². The summed E-state index contributed by atoms with van der Waals surface area (Å²) in [5.74, 6) is 0.131. The van der Waals surface area contributed by atoms with Crippen molar-refractivity contribution in [2.45, 2.75) is 62.8 Å². The Morgan fingerprint density at radius 2 is 1.59 bits per heavy atom. The predicted octanol–water partition coefficient (Wildman–Crippen LogP) is 4.10. The van der Waals surface area contributed by atoms with Crippen molar-refractivity contribution in [3.63, 3.8) is 0 Å². The van der Waals surface area contributed by atoms with Crippen LogP contribution in [0.5, 0.6) is 0 Å². The predicted molar refractivity (Wildman–Crippen MR) is 132 cm³/mol. The van der Waals surface area contributed by atoms with Gasteiger partial charge in [-0.3, -0.25) is 14.3 Å². The Kier molecular flexibility index (Phi) is 7.56. The summed E-state index contributed by atoms with van der Waals surface area (Å²) >= 11 is 0. The highest BCUT2D eigenvalue weighted by molar-refractivity contribution is 7.92. The van der Waals surface area contributed by atoms with Crippen molar-refractivity contribution in [2.75, 3.05) is 17.8 Å². The molecule has 0 atom stereocenters. The van der Waals surface area contributed by atoms with Crippen LogP contribution in [0.1, 0.15) is 60.9 Å². The Labute approximate surface area is 202 Å². The number of anilines is 1. The van der Waals surface area contributed by atoms with E-state index < -0.39 is 10.0 Å². The molecule has 34 heavy (non-hydrogen) atoms. The number of benzene rings is 2. The van der Waals surface area contributed by atoms with Gasteiger partial charge in [0.05, 0.1) is 4.90 Å². The maximum Gasteiger partial charge on any atom is 0.261 e. The van der Waals surface area contributed by atoms with E-state index in [4.69, 9.17) is 0 Å². The maximum absolute atomic E-state index is 12.8. The van der Waals surface area contributed by atoms with Crippen molar-refractivity contribution in [1.29, 1.82) is 0 Å². The number of nitrogens with one attached hydrogen (secondary N) is 2. The molecule has 2 amide bonds. The van der Waals surface area contributed by atoms with Gasteiger partial charge < -0.3 is 10.2 Å². The Morgan fingerprint density at radius 1 is 0.912 bits per heavy atom. The highest BCUT2D eigenvalue weighted by Gasteiger charge is 2.29. The van der Waals surface area contributed by atoms with Gasteiger partial charge in [0.15, 0.2) is 0 Å². The van der Waals surface area contributed by atoms with Gasteiger partial charge in [-0.2, -0.15) is 0 Å². The van der Waals surface area contributed by atoms with Gasteiger partial charge in [0.2, 0.25) is 5.91 Å². The normalized spacial score (nSPS) is 17.9. The third-order valence-corrected chi connectivity index (χ3v) is 8.19. The summed E-state index contributed by atoms with van der Waals surface area (Å²) in [6, 6.07) is 13.1. The molecule has 1 heterocycles. The van der Waals surface area contributed by atoms with Crippen LogP contribution in [0.2, 0.25) is 0 Å². The Balaban J connectivity index is 1.33. The number of likely N-dealkylation sites (tertiary alicyclic amines) is 1. The summed E-state index contributed by atoms with van der Waals surface area (Å²) < 4.78 is 28.2. The largest absolute Gasteiger partial charge is 0.349 e. The smallest absolute Gasteiger partial charge is 0.261 e. The first-order chi connectivity index (χ1) is 16.3. The molecule has 0 aromatic heterocycles. The molecule has 1 aliphatic heterocycles. The number of aryl methyl sites for hydroxylation is 1. The number of hydrogen-bond donors (Lipinski definition) is 2. The van der Waals surface area contributed by atoms with E-state index in [1.165, 1.54) is 18.6 Å². The average Bonchev–Trinajstić information content (AvgIpc) is 2.86. The van der Waals surface area contributed by atoms with Crippen molar-refractivity contribution in [3.8, 4) is 0 Å². The van der Waals surface area contributed by atoms with Crippen molar-refractivity contribution in [2.24, 2.45) is 5.92 Å². The van der Waals surface area contributed by atoms with Gasteiger partial charge in [-0.25, -0.2) is 8.42 Å². The summed E-state index contributed by atoms with van der Waals surface area (Å²) in [4.78, 5) is 27.6. The van der Waals surface area contributed by atoms with Gasteiger partial charge in [0.25, 0.3) is 15.9 Å². The number of amides is 2. The van der Waals surface area contributed by atoms with Crippen LogP contribution in [0.25, 0.3) is 0 Å². The number of piperidine rings is 1. The van der Waals surface area contributed by atoms with Crippen LogP contribution in [0.15, 0.2) is 53.4 Å². The average molecular weight is 484 g/mol. The molecule has 2 aromatic rings. The lowest BCUT2D eigenvalue weighted by molar-refractivity contribution is -0.137. The number of hydrogen-bond acceptors (Lipinski definition) is 4. The summed E-state index contributed by atoms with van der Waals surface area (Å²) in [7, 11) is -3.82. The molecule has 4 rings (SSSR count). The standard InChI is InChI=1S/C26H33N3O4S/c1-19-10-12-23(13-11-19)28-34(32,33)24-9-5-8-21(18-24)25(30)27-22-14-16-29(17-15-22)26(31)20-6-3-2-4-7-20/h5,8-13,18,20,22,28H,2-4,6-7,14-17H2,1H3,(H,27,30). The molecule has 2 aliphatic rings. The second kappa shape index (κ2) is 10.6. The monoisotopic (exact) mass is 483 g/mol. The second-order valence-electron chi connectivity index (χ2n) is 9.41. The number of carbonyl (C=O) groups is 2. The SMILES string of the molecule is Cc1ccc(NS(=O)(=O)c2cccc(C(=O)NC3CCN(C(=O)C4CCCCC4)CC3)c2)cc1. The molecule has 0 spiro atoms. The molecule has 8 heteroatoms. The highest BCUT2D eigenvalue weighted by Crippen LogP contribution is 2.27. The van der Waals surface area contributed by atoms with Crippen LogP contribution in [-0.2, 0) is 14.8 Å². The fourth-order valence-electron chi connectivity index (χ4n) is 4.76. The summed E-state index contributed by atoms with van der Waals surface area (Å²) in [5, 5.41) is 3.02. The van der Waals surface area contributed by atoms with Gasteiger partial charge in [0, 0.05) is 36.3 Å². The van der Waals surface area contributed by atoms with Gasteiger partial charge >= 0.3 is 0 Å². The first-order valence-electron chi connectivity index (χ1n) is 12.1. The first kappa shape index (κ1) is 24.3. The van der Waals surface area contributed by atoms with Crippen LogP contribution < -0.4 is 10.0 Å². The topological polar surface area (TPSA) is 95.6 Å². The minimum atomic E-state index is -3.82. The van der Waals surface area contributed by atoms with Gasteiger partial charge in [-0.1, -0.05) is 43.0 Å². The van der Waals surface area contributed by atoms with Gasteiger partial charge in [-0.05, 0) is 62.9 Å². The Hall–Kier alpha value is -2.87. The molecule has 2 fully saturated rings. The van der Waals surface area contributed by atoms with E-state index in [2.05, 4.69) is 10.0 Å². The molecule has 2 aromatic carbocycles. The maximum atomic E-state index is 12.8. The number of carbonyl (C=O) groups excluding carboxylic acids is 2. The molecular formula is C26H33N3O4S. The lowest BCUT2D eigenvalue weighted by Crippen LogP contribution is -2.48. The van der Waals surface area contributed by atoms with Crippen LogP contribution in [0.3, 0.4) is 0 Å². The molecule has 1 aliphatic carbocycles. The molecule has 182 valence electrons. The molecule has 0 bridgehead atoms. The third-order valence-electron chi connectivity index (χ3n) is 6.81. The van der Waals surface area contributed by atoms with E-state index in [9.17, 15) is 18.0 Å². The lowest BCUT2D eigenvalue weighted by Gasteiger charge is -2.35. The van der Waals surface area contributed by atoms with Crippen molar-refractivity contribution in [3.05, 3.63) is 59.7 Å². The number of sulfonamides is 1. The van der Waals surface area contributed by atoms with E-state index in [0.29, 0.717) is 37.2 Å². The van der Waals surface area contributed by atoms with Crippen LogP contribution in [0, 0.1) is 12.8 Å². The lowest BCUT2D eigenvalue weighted by atomic mass is 9.87. The summed E-state index contributed by atoms with van der Waals surface area (Å²) in [6.07, 6.45) is 6.90. The number of rotatable bonds is 6. The zero-order valence-corrected chi connectivity index (χ0v) is 20.4. The summed E-state index contributed by atoms with van der Waals surface area (Å²) in [6.45, 7) is 3.23. The first-order valence-corrected chi connectivity index (χ1v) is 13.6. The fraction of sp³-hybridized carbons (Fsp3) is 0.462. The Morgan fingerprint density at radius 3 is 2.26 bits per heavy atom. The van der Waals surface area contributed by atoms with E-state index in [-0.39, 0.29) is 28.7 Å². The quantitative estimate of drug-likeness (QED) is 0.647. The third kappa shape index (κ3) is 5.97. The van der Waals surface area contributed by atoms with Crippen LogP contribution in [0.4, 0.5) is 5.69 Å². The fourth-order valence-corrected chi connectivity index (χ4v) is 5.86. The van der Waals surface area contributed by atoms with E-state index in [1.54, 1.807) is 24.3 Å². The van der Waals surface area contributed by atoms with E-state index in [1.807, 2.05) is 24.0 Å². The van der Waals surface area contributed by atoms with E-state index in [0.717, 1.165) is 31.2 Å². The highest BCUT2D eigenvalue weighted by atomic mass is 32.2. The number of nitrogens with zero attached hydrogens (tertiary/aromatic N) is 1. The molecule has 7 nitrogen and oxygen atoms in total. The molecule has 1 saturated heterocycles.